The molecule has 0 saturated heterocycles. The maximum absolute atomic E-state index is 3.49. The normalized spacial score (nSPS) is 16.9. The van der Waals surface area contributed by atoms with Gasteiger partial charge in [0.05, 0.1) is 0 Å². The molecule has 1 aliphatic carbocycles. The maximum atomic E-state index is 3.49. The number of rotatable bonds is 8. The monoisotopic (exact) mass is 198 g/mol. The van der Waals surface area contributed by atoms with Crippen molar-refractivity contribution in [2.45, 2.75) is 58.5 Å². The summed E-state index contributed by atoms with van der Waals surface area (Å²) >= 11 is 0. The zero-order chi connectivity index (χ0) is 10.4. The minimum atomic E-state index is 0.627. The van der Waals surface area contributed by atoms with E-state index in [4.69, 9.17) is 0 Å². The van der Waals surface area contributed by atoms with Gasteiger partial charge in [-0.25, -0.2) is 0 Å². The fraction of sp³-hybridized carbons (Fsp3) is 1.00. The molecule has 0 aliphatic heterocycles. The van der Waals surface area contributed by atoms with Gasteiger partial charge in [0.15, 0.2) is 0 Å². The molecule has 0 aromatic rings. The summed E-state index contributed by atoms with van der Waals surface area (Å²) in [7, 11) is 0. The zero-order valence-electron chi connectivity index (χ0n) is 10.1. The van der Waals surface area contributed by atoms with Crippen LogP contribution < -0.4 is 5.32 Å². The molecule has 0 atom stereocenters. The highest BCUT2D eigenvalue weighted by atomic mass is 15.2. The smallest absolute Gasteiger partial charge is 0.0110 e. The number of hydrogen-bond donors (Lipinski definition) is 1. The molecule has 2 nitrogen and oxygen atoms in total. The molecule has 0 heterocycles. The zero-order valence-corrected chi connectivity index (χ0v) is 10.1. The van der Waals surface area contributed by atoms with E-state index in [9.17, 15) is 0 Å². The molecule has 1 rings (SSSR count). The fourth-order valence-electron chi connectivity index (χ4n) is 1.77. The first-order valence-corrected chi connectivity index (χ1v) is 6.21. The average molecular weight is 198 g/mol. The van der Waals surface area contributed by atoms with E-state index < -0.39 is 0 Å². The Labute approximate surface area is 89.1 Å². The van der Waals surface area contributed by atoms with Crippen LogP contribution in [0.25, 0.3) is 0 Å². The minimum absolute atomic E-state index is 0.627. The summed E-state index contributed by atoms with van der Waals surface area (Å²) in [5, 5.41) is 3.49. The van der Waals surface area contributed by atoms with Crippen LogP contribution >= 0.6 is 0 Å². The van der Waals surface area contributed by atoms with E-state index >= 15 is 0 Å². The van der Waals surface area contributed by atoms with E-state index in [1.54, 1.807) is 0 Å². The molecule has 1 saturated carbocycles. The number of nitrogens with one attached hydrogen (secondary N) is 1. The highest BCUT2D eigenvalue weighted by Crippen LogP contribution is 2.26. The highest BCUT2D eigenvalue weighted by molar-refractivity contribution is 4.84. The first-order valence-electron chi connectivity index (χ1n) is 6.21. The van der Waals surface area contributed by atoms with Gasteiger partial charge in [0.2, 0.25) is 0 Å². The van der Waals surface area contributed by atoms with Crippen LogP contribution in [0.5, 0.6) is 0 Å². The van der Waals surface area contributed by atoms with Crippen molar-refractivity contribution in [3.8, 4) is 0 Å². The fourth-order valence-corrected chi connectivity index (χ4v) is 1.77. The van der Waals surface area contributed by atoms with Crippen LogP contribution in [0.3, 0.4) is 0 Å². The Morgan fingerprint density at radius 1 is 1.29 bits per heavy atom. The lowest BCUT2D eigenvalue weighted by atomic mass is 10.3. The van der Waals surface area contributed by atoms with E-state index in [1.165, 1.54) is 38.8 Å². The summed E-state index contributed by atoms with van der Waals surface area (Å²) in [5.41, 5.74) is 0. The molecule has 84 valence electrons. The van der Waals surface area contributed by atoms with Crippen molar-refractivity contribution < 1.29 is 0 Å². The second kappa shape index (κ2) is 6.41. The van der Waals surface area contributed by atoms with Gasteiger partial charge in [-0.1, -0.05) is 27.2 Å². The Hall–Kier alpha value is -0.0800. The van der Waals surface area contributed by atoms with Crippen LogP contribution in [0, 0.1) is 0 Å². The van der Waals surface area contributed by atoms with Crippen molar-refractivity contribution in [1.29, 1.82) is 0 Å². The summed E-state index contributed by atoms with van der Waals surface area (Å²) in [6.07, 6.45) is 5.55. The molecule has 0 spiro atoms. The summed E-state index contributed by atoms with van der Waals surface area (Å²) in [5.74, 6) is 0. The Bertz CT molecular complexity index is 141. The Morgan fingerprint density at radius 3 is 2.50 bits per heavy atom. The van der Waals surface area contributed by atoms with Crippen LogP contribution in [0.4, 0.5) is 0 Å². The predicted octanol–water partition coefficient (Wildman–Crippen LogP) is 2.25. The lowest BCUT2D eigenvalue weighted by Gasteiger charge is -2.22. The van der Waals surface area contributed by atoms with Crippen molar-refractivity contribution in [3.05, 3.63) is 0 Å². The van der Waals surface area contributed by atoms with Gasteiger partial charge in [0.25, 0.3) is 0 Å². The van der Waals surface area contributed by atoms with Crippen LogP contribution in [0.2, 0.25) is 0 Å². The molecule has 0 aromatic carbocycles. The lowest BCUT2D eigenvalue weighted by Crippen LogP contribution is -2.36. The van der Waals surface area contributed by atoms with Gasteiger partial charge in [0.1, 0.15) is 0 Å². The molecule has 14 heavy (non-hydrogen) atoms. The summed E-state index contributed by atoms with van der Waals surface area (Å²) < 4.78 is 0. The van der Waals surface area contributed by atoms with Crippen LogP contribution in [0.15, 0.2) is 0 Å². The summed E-state index contributed by atoms with van der Waals surface area (Å²) in [6.45, 7) is 10.4. The number of hydrogen-bond acceptors (Lipinski definition) is 2. The van der Waals surface area contributed by atoms with E-state index in [0.29, 0.717) is 6.04 Å². The molecule has 1 N–H and O–H groups in total. The SMILES string of the molecule is CCCCN(CCNC(C)C)C1CC1. The Balaban J connectivity index is 2.08. The number of unbranched alkanes of at least 4 members (excludes halogenated alkanes) is 1. The van der Waals surface area contributed by atoms with Crippen molar-refractivity contribution in [2.75, 3.05) is 19.6 Å². The average Bonchev–Trinajstić information content (AvgIpc) is 2.93. The van der Waals surface area contributed by atoms with Crippen LogP contribution in [0.1, 0.15) is 46.5 Å². The van der Waals surface area contributed by atoms with Crippen LogP contribution in [-0.2, 0) is 0 Å². The first kappa shape index (κ1) is 12.0. The van der Waals surface area contributed by atoms with Gasteiger partial charge in [-0.05, 0) is 25.8 Å². The van der Waals surface area contributed by atoms with Crippen LogP contribution in [-0.4, -0.2) is 36.6 Å². The molecular weight excluding hydrogens is 172 g/mol. The van der Waals surface area contributed by atoms with Gasteiger partial charge < -0.3 is 5.32 Å². The summed E-state index contributed by atoms with van der Waals surface area (Å²) in [4.78, 5) is 2.67. The largest absolute Gasteiger partial charge is 0.313 e. The number of nitrogens with zero attached hydrogens (tertiary/aromatic N) is 1. The predicted molar refractivity (Wildman–Crippen MR) is 62.6 cm³/mol. The highest BCUT2D eigenvalue weighted by Gasteiger charge is 2.27. The van der Waals surface area contributed by atoms with Crippen molar-refractivity contribution in [3.63, 3.8) is 0 Å². The minimum Gasteiger partial charge on any atom is -0.313 e. The first-order chi connectivity index (χ1) is 6.74. The molecule has 0 bridgehead atoms. The third-order valence-electron chi connectivity index (χ3n) is 2.81. The molecular formula is C12H26N2. The van der Waals surface area contributed by atoms with Gasteiger partial charge in [-0.3, -0.25) is 4.90 Å². The van der Waals surface area contributed by atoms with Gasteiger partial charge in [-0.2, -0.15) is 0 Å². The van der Waals surface area contributed by atoms with Gasteiger partial charge in [-0.15, -0.1) is 0 Å². The van der Waals surface area contributed by atoms with Crippen molar-refractivity contribution in [1.82, 2.24) is 10.2 Å². The van der Waals surface area contributed by atoms with E-state index in [0.717, 1.165) is 12.6 Å². The lowest BCUT2D eigenvalue weighted by molar-refractivity contribution is 0.256. The maximum Gasteiger partial charge on any atom is 0.0110 e. The third-order valence-corrected chi connectivity index (χ3v) is 2.81. The second-order valence-corrected chi connectivity index (χ2v) is 4.73. The molecule has 1 fully saturated rings. The second-order valence-electron chi connectivity index (χ2n) is 4.73. The topological polar surface area (TPSA) is 15.3 Å². The molecule has 1 aliphatic rings. The molecule has 0 unspecified atom stereocenters. The van der Waals surface area contributed by atoms with E-state index in [2.05, 4.69) is 31.0 Å². The van der Waals surface area contributed by atoms with Gasteiger partial charge >= 0.3 is 0 Å². The standard InChI is InChI=1S/C12H26N2/c1-4-5-9-14(12-6-7-12)10-8-13-11(2)3/h11-13H,4-10H2,1-3H3. The summed E-state index contributed by atoms with van der Waals surface area (Å²) in [6, 6.07) is 1.55. The third kappa shape index (κ3) is 4.97. The van der Waals surface area contributed by atoms with Crippen molar-refractivity contribution in [2.24, 2.45) is 0 Å². The molecule has 0 amide bonds. The Morgan fingerprint density at radius 2 is 2.00 bits per heavy atom. The van der Waals surface area contributed by atoms with E-state index in [1.807, 2.05) is 0 Å². The quantitative estimate of drug-likeness (QED) is 0.643. The van der Waals surface area contributed by atoms with E-state index in [-0.39, 0.29) is 0 Å². The molecule has 2 heteroatoms. The molecule has 0 aromatic heterocycles. The molecule has 0 radical (unpaired) electrons. The Kier molecular flexibility index (Phi) is 5.49. The van der Waals surface area contributed by atoms with Gasteiger partial charge in [0, 0.05) is 25.2 Å². The van der Waals surface area contributed by atoms with Crippen molar-refractivity contribution >= 4 is 0 Å².